The molecule has 0 aromatic carbocycles. The summed E-state index contributed by atoms with van der Waals surface area (Å²) in [5, 5.41) is 9.52. The van der Waals surface area contributed by atoms with Crippen LogP contribution in [0.4, 0.5) is 0 Å². The number of hydrogen-bond acceptors (Lipinski definition) is 3. The molecule has 2 fully saturated rings. The van der Waals surface area contributed by atoms with Crippen LogP contribution in [-0.4, -0.2) is 22.7 Å². The minimum atomic E-state index is -0.748. The van der Waals surface area contributed by atoms with E-state index < -0.39 is 11.4 Å². The molecule has 0 bridgehead atoms. The monoisotopic (exact) mass is 275 g/mol. The molecule has 0 atom stereocenters. The van der Waals surface area contributed by atoms with Gasteiger partial charge in [0.2, 0.25) is 5.88 Å². The number of rotatable bonds is 6. The standard InChI is InChI=1S/C16H21NO3/c1-10(2)9-20-14-13(16(5-6-16)15(18)19)7-12(8-17-14)11-3-4-11/h7-8,10-11H,3-6,9H2,1-2H3,(H,18,19). The summed E-state index contributed by atoms with van der Waals surface area (Å²) in [5.74, 6) is 0.738. The maximum Gasteiger partial charge on any atom is 0.314 e. The molecule has 108 valence electrons. The summed E-state index contributed by atoms with van der Waals surface area (Å²) < 4.78 is 5.76. The second kappa shape index (κ2) is 4.76. The topological polar surface area (TPSA) is 59.4 Å². The molecule has 0 radical (unpaired) electrons. The third-order valence-corrected chi connectivity index (χ3v) is 4.15. The number of carboxylic acid groups (broad SMARTS) is 1. The highest BCUT2D eigenvalue weighted by molar-refractivity contribution is 5.85. The molecule has 1 N–H and O–H groups in total. The Balaban J connectivity index is 1.94. The van der Waals surface area contributed by atoms with Gasteiger partial charge in [0.1, 0.15) is 0 Å². The van der Waals surface area contributed by atoms with Crippen molar-refractivity contribution in [3.63, 3.8) is 0 Å². The summed E-state index contributed by atoms with van der Waals surface area (Å²) in [4.78, 5) is 16.0. The molecule has 1 aromatic heterocycles. The molecular formula is C16H21NO3. The van der Waals surface area contributed by atoms with E-state index in [1.54, 1.807) is 0 Å². The van der Waals surface area contributed by atoms with Gasteiger partial charge in [-0.05, 0) is 49.1 Å². The molecule has 0 amide bonds. The lowest BCUT2D eigenvalue weighted by atomic mass is 9.95. The number of nitrogens with zero attached hydrogens (tertiary/aromatic N) is 1. The molecule has 0 saturated heterocycles. The van der Waals surface area contributed by atoms with Crippen molar-refractivity contribution in [2.24, 2.45) is 5.92 Å². The third-order valence-electron chi connectivity index (χ3n) is 4.15. The normalized spacial score (nSPS) is 19.9. The minimum absolute atomic E-state index is 0.396. The zero-order valence-electron chi connectivity index (χ0n) is 12.1. The Kier molecular flexibility index (Phi) is 3.19. The van der Waals surface area contributed by atoms with Gasteiger partial charge in [0.05, 0.1) is 12.0 Å². The fraction of sp³-hybridized carbons (Fsp3) is 0.625. The second-order valence-corrected chi connectivity index (χ2v) is 6.49. The highest BCUT2D eigenvalue weighted by Gasteiger charge is 2.54. The highest BCUT2D eigenvalue weighted by Crippen LogP contribution is 2.52. The van der Waals surface area contributed by atoms with Gasteiger partial charge in [-0.25, -0.2) is 4.98 Å². The van der Waals surface area contributed by atoms with Crippen molar-refractivity contribution in [2.45, 2.75) is 50.9 Å². The van der Waals surface area contributed by atoms with E-state index in [0.29, 0.717) is 37.2 Å². The lowest BCUT2D eigenvalue weighted by Gasteiger charge is -2.17. The Morgan fingerprint density at radius 2 is 2.20 bits per heavy atom. The zero-order chi connectivity index (χ0) is 14.3. The first-order valence-electron chi connectivity index (χ1n) is 7.39. The maximum absolute atomic E-state index is 11.6. The number of aliphatic carboxylic acids is 1. The average molecular weight is 275 g/mol. The predicted molar refractivity (Wildman–Crippen MR) is 75.1 cm³/mol. The van der Waals surface area contributed by atoms with Crippen molar-refractivity contribution in [1.29, 1.82) is 0 Å². The van der Waals surface area contributed by atoms with Crippen LogP contribution in [0.3, 0.4) is 0 Å². The summed E-state index contributed by atoms with van der Waals surface area (Å²) >= 11 is 0. The molecule has 4 heteroatoms. The van der Waals surface area contributed by atoms with E-state index in [-0.39, 0.29) is 0 Å². The minimum Gasteiger partial charge on any atom is -0.481 e. The number of carboxylic acids is 1. The molecule has 20 heavy (non-hydrogen) atoms. The van der Waals surface area contributed by atoms with Crippen LogP contribution in [0.25, 0.3) is 0 Å². The smallest absolute Gasteiger partial charge is 0.314 e. The molecule has 1 heterocycles. The van der Waals surface area contributed by atoms with Gasteiger partial charge in [-0.3, -0.25) is 4.79 Å². The average Bonchev–Trinajstić information content (AvgIpc) is 3.29. The van der Waals surface area contributed by atoms with Crippen molar-refractivity contribution in [3.8, 4) is 5.88 Å². The fourth-order valence-corrected chi connectivity index (χ4v) is 2.54. The van der Waals surface area contributed by atoms with Gasteiger partial charge in [-0.15, -0.1) is 0 Å². The van der Waals surface area contributed by atoms with Crippen LogP contribution >= 0.6 is 0 Å². The van der Waals surface area contributed by atoms with Crippen LogP contribution < -0.4 is 4.74 Å². The molecule has 2 saturated carbocycles. The van der Waals surface area contributed by atoms with E-state index in [1.165, 1.54) is 18.4 Å². The number of pyridine rings is 1. The SMILES string of the molecule is CC(C)COc1ncc(C2CC2)cc1C1(C(=O)O)CC1. The van der Waals surface area contributed by atoms with Gasteiger partial charge >= 0.3 is 5.97 Å². The summed E-state index contributed by atoms with van der Waals surface area (Å²) in [7, 11) is 0. The molecule has 2 aliphatic rings. The van der Waals surface area contributed by atoms with Crippen LogP contribution in [-0.2, 0) is 10.2 Å². The van der Waals surface area contributed by atoms with E-state index in [4.69, 9.17) is 4.74 Å². The van der Waals surface area contributed by atoms with Gasteiger partial charge in [0, 0.05) is 11.8 Å². The third kappa shape index (κ3) is 2.39. The van der Waals surface area contributed by atoms with Crippen LogP contribution in [0.15, 0.2) is 12.3 Å². The molecule has 0 spiro atoms. The summed E-state index contributed by atoms with van der Waals surface area (Å²) in [6.45, 7) is 4.71. The van der Waals surface area contributed by atoms with E-state index in [9.17, 15) is 9.90 Å². The van der Waals surface area contributed by atoms with Crippen molar-refractivity contribution in [1.82, 2.24) is 4.98 Å². The van der Waals surface area contributed by atoms with Crippen LogP contribution in [0, 0.1) is 5.92 Å². The Morgan fingerprint density at radius 3 is 2.70 bits per heavy atom. The van der Waals surface area contributed by atoms with Crippen molar-refractivity contribution >= 4 is 5.97 Å². The molecular weight excluding hydrogens is 254 g/mol. The number of ether oxygens (including phenoxy) is 1. The van der Waals surface area contributed by atoms with Crippen molar-refractivity contribution < 1.29 is 14.6 Å². The largest absolute Gasteiger partial charge is 0.481 e. The Bertz CT molecular complexity index is 531. The Labute approximate surface area is 119 Å². The van der Waals surface area contributed by atoms with Crippen LogP contribution in [0.1, 0.15) is 56.6 Å². The first kappa shape index (κ1) is 13.4. The Hall–Kier alpha value is -1.58. The van der Waals surface area contributed by atoms with E-state index in [1.807, 2.05) is 12.3 Å². The van der Waals surface area contributed by atoms with Gasteiger partial charge in [0.25, 0.3) is 0 Å². The summed E-state index contributed by atoms with van der Waals surface area (Å²) in [5.41, 5.74) is 1.21. The molecule has 3 rings (SSSR count). The zero-order valence-corrected chi connectivity index (χ0v) is 12.1. The number of aromatic nitrogens is 1. The molecule has 1 aromatic rings. The van der Waals surface area contributed by atoms with Crippen molar-refractivity contribution in [3.05, 3.63) is 23.4 Å². The van der Waals surface area contributed by atoms with E-state index >= 15 is 0 Å². The van der Waals surface area contributed by atoms with E-state index in [0.717, 1.165) is 5.56 Å². The van der Waals surface area contributed by atoms with E-state index in [2.05, 4.69) is 18.8 Å². The second-order valence-electron chi connectivity index (χ2n) is 6.49. The predicted octanol–water partition coefficient (Wildman–Crippen LogP) is 3.11. The maximum atomic E-state index is 11.6. The lowest BCUT2D eigenvalue weighted by molar-refractivity contribution is -0.140. The highest BCUT2D eigenvalue weighted by atomic mass is 16.5. The number of hydrogen-bond donors (Lipinski definition) is 1. The lowest BCUT2D eigenvalue weighted by Crippen LogP contribution is -2.22. The van der Waals surface area contributed by atoms with Crippen LogP contribution in [0.5, 0.6) is 5.88 Å². The quantitative estimate of drug-likeness (QED) is 0.866. The van der Waals surface area contributed by atoms with Gasteiger partial charge in [-0.2, -0.15) is 0 Å². The fourth-order valence-electron chi connectivity index (χ4n) is 2.54. The number of carbonyl (C=O) groups is 1. The molecule has 4 nitrogen and oxygen atoms in total. The molecule has 2 aliphatic carbocycles. The van der Waals surface area contributed by atoms with Crippen molar-refractivity contribution in [2.75, 3.05) is 6.61 Å². The van der Waals surface area contributed by atoms with Crippen LogP contribution in [0.2, 0.25) is 0 Å². The van der Waals surface area contributed by atoms with Gasteiger partial charge in [0.15, 0.2) is 0 Å². The summed E-state index contributed by atoms with van der Waals surface area (Å²) in [6.07, 6.45) is 5.61. The Morgan fingerprint density at radius 1 is 1.50 bits per heavy atom. The van der Waals surface area contributed by atoms with Gasteiger partial charge < -0.3 is 9.84 Å². The first-order chi connectivity index (χ1) is 9.53. The van der Waals surface area contributed by atoms with Gasteiger partial charge in [-0.1, -0.05) is 13.8 Å². The molecule has 0 unspecified atom stereocenters. The summed E-state index contributed by atoms with van der Waals surface area (Å²) in [6, 6.07) is 2.03. The first-order valence-corrected chi connectivity index (χ1v) is 7.39. The molecule has 0 aliphatic heterocycles.